The number of amidine groups is 1. The Morgan fingerprint density at radius 2 is 2.06 bits per heavy atom. The predicted octanol–water partition coefficient (Wildman–Crippen LogP) is 4.04. The maximum Gasteiger partial charge on any atom is 0.172 e. The SMILES string of the molecule is COc1cc(/C=C2\CCCN3C2=NOCC3(CO)c2ccc(F)cc2)ccc1-n1cnc(C)c1. The number of imidazole rings is 1. The Labute approximate surface area is 197 Å². The van der Waals surface area contributed by atoms with E-state index in [0.29, 0.717) is 5.84 Å². The van der Waals surface area contributed by atoms with E-state index in [2.05, 4.69) is 21.1 Å². The molecule has 0 aliphatic carbocycles. The van der Waals surface area contributed by atoms with Gasteiger partial charge in [-0.2, -0.15) is 0 Å². The summed E-state index contributed by atoms with van der Waals surface area (Å²) in [6.07, 6.45) is 7.53. The number of aryl methyl sites for hydroxylation is 1. The minimum Gasteiger partial charge on any atom is -0.495 e. The number of methoxy groups -OCH3 is 1. The lowest BCUT2D eigenvalue weighted by atomic mass is 9.85. The highest BCUT2D eigenvalue weighted by molar-refractivity contribution is 6.03. The molecule has 2 aliphatic heterocycles. The molecular weight excluding hydrogens is 435 g/mol. The highest BCUT2D eigenvalue weighted by Gasteiger charge is 2.45. The zero-order valence-electron chi connectivity index (χ0n) is 19.2. The van der Waals surface area contributed by atoms with Crippen molar-refractivity contribution in [3.05, 3.63) is 83.2 Å². The molecule has 1 fully saturated rings. The van der Waals surface area contributed by atoms with E-state index in [-0.39, 0.29) is 19.0 Å². The number of hydrogen-bond acceptors (Lipinski definition) is 6. The van der Waals surface area contributed by atoms with Crippen LogP contribution in [0.25, 0.3) is 11.8 Å². The molecule has 0 saturated carbocycles. The van der Waals surface area contributed by atoms with Crippen LogP contribution in [-0.4, -0.2) is 52.3 Å². The van der Waals surface area contributed by atoms with Crippen LogP contribution in [0.15, 0.2) is 65.7 Å². The van der Waals surface area contributed by atoms with Crippen LogP contribution in [0.3, 0.4) is 0 Å². The molecule has 2 aromatic carbocycles. The number of aliphatic hydroxyl groups excluding tert-OH is 1. The smallest absolute Gasteiger partial charge is 0.172 e. The molecule has 1 atom stereocenters. The quantitative estimate of drug-likeness (QED) is 0.620. The van der Waals surface area contributed by atoms with Crippen LogP contribution in [0, 0.1) is 12.7 Å². The standard InChI is InChI=1S/C26H27FN4O3/c1-18-14-30(17-28-18)23-10-5-19(13-24(23)33-2)12-20-4-3-11-31-25(20)29-34-16-26(31,15-32)21-6-8-22(27)9-7-21/h5-10,12-14,17,32H,3-4,11,15-16H2,1-2H3/b20-12+. The van der Waals surface area contributed by atoms with Crippen molar-refractivity contribution in [2.24, 2.45) is 5.16 Å². The van der Waals surface area contributed by atoms with E-state index in [0.717, 1.165) is 53.2 Å². The van der Waals surface area contributed by atoms with Crippen molar-refractivity contribution in [2.75, 3.05) is 26.9 Å². The average Bonchev–Trinajstić information content (AvgIpc) is 3.30. The van der Waals surface area contributed by atoms with E-state index in [9.17, 15) is 9.50 Å². The van der Waals surface area contributed by atoms with Gasteiger partial charge in [-0.25, -0.2) is 9.37 Å². The first-order valence-electron chi connectivity index (χ1n) is 11.3. The first kappa shape index (κ1) is 22.2. The monoisotopic (exact) mass is 462 g/mol. The molecule has 1 aromatic heterocycles. The Balaban J connectivity index is 1.50. The largest absolute Gasteiger partial charge is 0.495 e. The van der Waals surface area contributed by atoms with Gasteiger partial charge in [-0.1, -0.05) is 23.4 Å². The van der Waals surface area contributed by atoms with E-state index in [4.69, 9.17) is 9.57 Å². The number of hydrogen-bond donors (Lipinski definition) is 1. The number of piperidine rings is 1. The molecule has 3 heterocycles. The maximum absolute atomic E-state index is 13.6. The molecule has 0 spiro atoms. The van der Waals surface area contributed by atoms with Gasteiger partial charge in [0.15, 0.2) is 5.84 Å². The molecule has 176 valence electrons. The van der Waals surface area contributed by atoms with Crippen molar-refractivity contribution in [1.29, 1.82) is 0 Å². The van der Waals surface area contributed by atoms with Crippen LogP contribution in [0.5, 0.6) is 5.75 Å². The predicted molar refractivity (Wildman–Crippen MR) is 127 cm³/mol. The second-order valence-corrected chi connectivity index (χ2v) is 8.66. The number of ether oxygens (including phenoxy) is 1. The van der Waals surface area contributed by atoms with E-state index in [1.165, 1.54) is 12.1 Å². The van der Waals surface area contributed by atoms with Crippen LogP contribution in [0.4, 0.5) is 4.39 Å². The summed E-state index contributed by atoms with van der Waals surface area (Å²) < 4.78 is 21.2. The Kier molecular flexibility index (Phi) is 5.83. The Morgan fingerprint density at radius 3 is 2.76 bits per heavy atom. The van der Waals surface area contributed by atoms with Gasteiger partial charge in [0.05, 0.1) is 31.4 Å². The summed E-state index contributed by atoms with van der Waals surface area (Å²) in [5, 5.41) is 14.8. The zero-order chi connectivity index (χ0) is 23.7. The first-order valence-corrected chi connectivity index (χ1v) is 11.3. The molecule has 1 saturated heterocycles. The number of halogens is 1. The number of nitrogens with zero attached hydrogens (tertiary/aromatic N) is 4. The minimum atomic E-state index is -0.814. The summed E-state index contributed by atoms with van der Waals surface area (Å²) in [6.45, 7) is 2.69. The Bertz CT molecular complexity index is 1250. The van der Waals surface area contributed by atoms with Crippen LogP contribution in [0.1, 0.15) is 29.7 Å². The van der Waals surface area contributed by atoms with Gasteiger partial charge in [0.1, 0.15) is 23.7 Å². The average molecular weight is 463 g/mol. The molecule has 7 nitrogen and oxygen atoms in total. The lowest BCUT2D eigenvalue weighted by Gasteiger charge is -2.48. The van der Waals surface area contributed by atoms with Crippen molar-refractivity contribution in [3.8, 4) is 11.4 Å². The second-order valence-electron chi connectivity index (χ2n) is 8.66. The first-order chi connectivity index (χ1) is 16.5. The highest BCUT2D eigenvalue weighted by atomic mass is 19.1. The van der Waals surface area contributed by atoms with E-state index < -0.39 is 5.54 Å². The normalized spacial score (nSPS) is 21.1. The number of aliphatic hydroxyl groups is 1. The van der Waals surface area contributed by atoms with Gasteiger partial charge >= 0.3 is 0 Å². The number of fused-ring (bicyclic) bond motifs is 1. The summed E-state index contributed by atoms with van der Waals surface area (Å²) in [5.41, 5.74) is 3.80. The van der Waals surface area contributed by atoms with Crippen molar-refractivity contribution in [2.45, 2.75) is 25.3 Å². The summed E-state index contributed by atoms with van der Waals surface area (Å²) in [5.74, 6) is 1.12. The minimum absolute atomic E-state index is 0.169. The van der Waals surface area contributed by atoms with Crippen molar-refractivity contribution in [3.63, 3.8) is 0 Å². The molecule has 8 heteroatoms. The third kappa shape index (κ3) is 3.84. The molecule has 5 rings (SSSR count). The van der Waals surface area contributed by atoms with E-state index >= 15 is 0 Å². The number of oxime groups is 1. The van der Waals surface area contributed by atoms with Crippen LogP contribution in [0.2, 0.25) is 0 Å². The molecule has 2 aliphatic rings. The van der Waals surface area contributed by atoms with Crippen LogP contribution >= 0.6 is 0 Å². The van der Waals surface area contributed by atoms with Gasteiger partial charge in [0, 0.05) is 12.7 Å². The summed E-state index contributed by atoms with van der Waals surface area (Å²) in [4.78, 5) is 12.0. The third-order valence-corrected chi connectivity index (χ3v) is 6.52. The molecule has 0 radical (unpaired) electrons. The highest BCUT2D eigenvalue weighted by Crippen LogP contribution is 2.38. The van der Waals surface area contributed by atoms with Crippen molar-refractivity contribution < 1.29 is 19.1 Å². The zero-order valence-corrected chi connectivity index (χ0v) is 19.2. The topological polar surface area (TPSA) is 72.1 Å². The summed E-state index contributed by atoms with van der Waals surface area (Å²) >= 11 is 0. The van der Waals surface area contributed by atoms with Crippen LogP contribution in [-0.2, 0) is 10.4 Å². The third-order valence-electron chi connectivity index (χ3n) is 6.52. The number of benzene rings is 2. The molecular formula is C26H27FN4O3. The van der Waals surface area contributed by atoms with Gasteiger partial charge in [-0.15, -0.1) is 0 Å². The maximum atomic E-state index is 13.6. The molecule has 3 aromatic rings. The Morgan fingerprint density at radius 1 is 1.24 bits per heavy atom. The van der Waals surface area contributed by atoms with Gasteiger partial charge in [-0.3, -0.25) is 0 Å². The van der Waals surface area contributed by atoms with Gasteiger partial charge in [0.2, 0.25) is 0 Å². The molecule has 34 heavy (non-hydrogen) atoms. The molecule has 0 amide bonds. The summed E-state index contributed by atoms with van der Waals surface area (Å²) in [6, 6.07) is 12.3. The van der Waals surface area contributed by atoms with Gasteiger partial charge in [-0.05, 0) is 66.8 Å². The molecule has 0 bridgehead atoms. The second kappa shape index (κ2) is 8.95. The van der Waals surface area contributed by atoms with Gasteiger partial charge in [0.25, 0.3) is 0 Å². The van der Waals surface area contributed by atoms with E-state index in [1.54, 1.807) is 25.6 Å². The van der Waals surface area contributed by atoms with Crippen molar-refractivity contribution in [1.82, 2.24) is 14.5 Å². The van der Waals surface area contributed by atoms with Crippen molar-refractivity contribution >= 4 is 11.9 Å². The lowest BCUT2D eigenvalue weighted by molar-refractivity contribution is -0.0383. The Hall–Kier alpha value is -3.65. The van der Waals surface area contributed by atoms with Gasteiger partial charge < -0.3 is 24.1 Å². The van der Waals surface area contributed by atoms with E-state index in [1.807, 2.05) is 35.9 Å². The fourth-order valence-corrected chi connectivity index (χ4v) is 4.73. The lowest BCUT2D eigenvalue weighted by Crippen LogP contribution is -2.59. The fourth-order valence-electron chi connectivity index (χ4n) is 4.73. The molecule has 1 unspecified atom stereocenters. The fraction of sp³-hybridized carbons (Fsp3) is 0.308. The summed E-state index contributed by atoms with van der Waals surface area (Å²) in [7, 11) is 1.65. The van der Waals surface area contributed by atoms with Crippen LogP contribution < -0.4 is 4.74 Å². The molecule has 1 N–H and O–H groups in total. The number of aromatic nitrogens is 2. The number of rotatable bonds is 5.